The predicted octanol–water partition coefficient (Wildman–Crippen LogP) is 2.31. The predicted molar refractivity (Wildman–Crippen MR) is 58.0 cm³/mol. The van der Waals surface area contributed by atoms with Gasteiger partial charge < -0.3 is 4.89 Å². The summed E-state index contributed by atoms with van der Waals surface area (Å²) < 4.78 is 15.4. The van der Waals surface area contributed by atoms with E-state index in [-0.39, 0.29) is 11.7 Å². The second kappa shape index (κ2) is 5.24. The summed E-state index contributed by atoms with van der Waals surface area (Å²) in [6.07, 6.45) is 5.10. The van der Waals surface area contributed by atoms with Crippen molar-refractivity contribution in [1.29, 1.82) is 0 Å². The summed E-state index contributed by atoms with van der Waals surface area (Å²) in [6, 6.07) is 0. The molecule has 1 N–H and O–H groups in total. The molecule has 0 saturated heterocycles. The molecule has 5 heteroatoms. The fourth-order valence-electron chi connectivity index (χ4n) is 2.12. The molecule has 15 heavy (non-hydrogen) atoms. The Morgan fingerprint density at radius 2 is 1.87 bits per heavy atom. The van der Waals surface area contributed by atoms with Crippen molar-refractivity contribution in [3.05, 3.63) is 0 Å². The zero-order valence-corrected chi connectivity index (χ0v) is 10.3. The van der Waals surface area contributed by atoms with Gasteiger partial charge in [0, 0.05) is 5.92 Å². The molecule has 0 aliphatic heterocycles. The maximum absolute atomic E-state index is 12.0. The number of carbonyl (C=O) groups excluding carboxylic acids is 1. The number of ketones is 1. The van der Waals surface area contributed by atoms with Crippen LogP contribution in [-0.2, 0) is 13.9 Å². The second-order valence-electron chi connectivity index (χ2n) is 4.58. The van der Waals surface area contributed by atoms with Crippen molar-refractivity contribution in [3.63, 3.8) is 0 Å². The van der Waals surface area contributed by atoms with Gasteiger partial charge in [-0.1, -0.05) is 19.3 Å². The molecule has 0 heterocycles. The van der Waals surface area contributed by atoms with E-state index in [4.69, 9.17) is 9.42 Å². The maximum Gasteiger partial charge on any atom is 0.317 e. The van der Waals surface area contributed by atoms with Gasteiger partial charge in [-0.2, -0.15) is 0 Å². The van der Waals surface area contributed by atoms with Gasteiger partial charge in [0.15, 0.2) is 5.78 Å². The summed E-state index contributed by atoms with van der Waals surface area (Å²) in [7, 11) is -3.04. The van der Waals surface area contributed by atoms with Crippen LogP contribution in [0.3, 0.4) is 0 Å². The summed E-state index contributed by atoms with van der Waals surface area (Å²) in [5.41, 5.74) is -1.12. The molecule has 1 fully saturated rings. The Balaban J connectivity index is 2.60. The van der Waals surface area contributed by atoms with E-state index in [9.17, 15) is 9.36 Å². The van der Waals surface area contributed by atoms with Crippen LogP contribution in [0.2, 0.25) is 0 Å². The summed E-state index contributed by atoms with van der Waals surface area (Å²) >= 11 is 0. The molecule has 0 aromatic carbocycles. The summed E-state index contributed by atoms with van der Waals surface area (Å²) in [6.45, 7) is 3.14. The van der Waals surface area contributed by atoms with Gasteiger partial charge in [-0.15, -0.1) is 0 Å². The van der Waals surface area contributed by atoms with Crippen molar-refractivity contribution in [2.45, 2.75) is 51.6 Å². The lowest BCUT2D eigenvalue weighted by atomic mass is 9.81. The van der Waals surface area contributed by atoms with E-state index in [0.29, 0.717) is 0 Å². The highest BCUT2D eigenvalue weighted by Crippen LogP contribution is 2.33. The van der Waals surface area contributed by atoms with Crippen LogP contribution >= 0.6 is 8.25 Å². The van der Waals surface area contributed by atoms with E-state index < -0.39 is 13.9 Å². The molecular formula is C10H19O4P. The Morgan fingerprint density at radius 3 is 2.33 bits per heavy atom. The molecule has 0 amide bonds. The van der Waals surface area contributed by atoms with Crippen molar-refractivity contribution in [2.24, 2.45) is 5.92 Å². The Morgan fingerprint density at radius 1 is 1.33 bits per heavy atom. The van der Waals surface area contributed by atoms with Crippen LogP contribution in [-0.4, -0.2) is 16.3 Å². The third-order valence-corrected chi connectivity index (χ3v) is 3.60. The Labute approximate surface area is 91.0 Å². The normalized spacial score (nSPS) is 21.3. The average molecular weight is 234 g/mol. The first-order valence-corrected chi connectivity index (χ1v) is 6.66. The van der Waals surface area contributed by atoms with E-state index in [1.54, 1.807) is 13.8 Å². The zero-order valence-electron chi connectivity index (χ0n) is 9.28. The molecule has 4 nitrogen and oxygen atoms in total. The van der Waals surface area contributed by atoms with Gasteiger partial charge in [0.05, 0.1) is 0 Å². The van der Waals surface area contributed by atoms with Gasteiger partial charge in [0.2, 0.25) is 0 Å². The number of hydrogen-bond acceptors (Lipinski definition) is 3. The van der Waals surface area contributed by atoms with E-state index in [1.165, 1.54) is 6.42 Å². The molecule has 0 aromatic heterocycles. The molecule has 1 rings (SSSR count). The molecule has 0 radical (unpaired) electrons. The number of Topliss-reactive ketones (excluding diaryl/α,β-unsaturated/α-hetero) is 1. The van der Waals surface area contributed by atoms with Gasteiger partial charge in [-0.3, -0.25) is 13.9 Å². The highest BCUT2D eigenvalue weighted by molar-refractivity contribution is 7.32. The molecule has 1 aliphatic carbocycles. The second-order valence-corrected chi connectivity index (χ2v) is 5.31. The highest BCUT2D eigenvalue weighted by Gasteiger charge is 2.36. The minimum Gasteiger partial charge on any atom is -0.326 e. The first-order valence-electron chi connectivity index (χ1n) is 5.40. The standard InChI is InChI=1S/C10H19O4P/c1-10(2,14-15(12)13)9(11)8-6-4-3-5-7-8/h8,15H,3-7H2,1-2H3,(H,12,13). The largest absolute Gasteiger partial charge is 0.326 e. The molecule has 1 atom stereocenters. The summed E-state index contributed by atoms with van der Waals surface area (Å²) in [4.78, 5) is 20.7. The van der Waals surface area contributed by atoms with Crippen molar-refractivity contribution < 1.29 is 18.8 Å². The molecule has 88 valence electrons. The van der Waals surface area contributed by atoms with Gasteiger partial charge in [0.1, 0.15) is 5.60 Å². The van der Waals surface area contributed by atoms with Crippen LogP contribution in [0.25, 0.3) is 0 Å². The summed E-state index contributed by atoms with van der Waals surface area (Å²) in [5, 5.41) is 0. The van der Waals surface area contributed by atoms with Crippen LogP contribution in [0.1, 0.15) is 46.0 Å². The molecule has 1 aliphatic rings. The highest BCUT2D eigenvalue weighted by atomic mass is 31.1. The Hall–Kier alpha value is -0.180. The van der Waals surface area contributed by atoms with E-state index in [0.717, 1.165) is 25.7 Å². The Kier molecular flexibility index (Phi) is 4.50. The third-order valence-electron chi connectivity index (χ3n) is 2.91. The van der Waals surface area contributed by atoms with Gasteiger partial charge in [0.25, 0.3) is 0 Å². The smallest absolute Gasteiger partial charge is 0.317 e. The lowest BCUT2D eigenvalue weighted by molar-refractivity contribution is -0.137. The monoisotopic (exact) mass is 234 g/mol. The van der Waals surface area contributed by atoms with Crippen LogP contribution in [0.5, 0.6) is 0 Å². The van der Waals surface area contributed by atoms with Crippen molar-refractivity contribution in [2.75, 3.05) is 0 Å². The molecule has 1 unspecified atom stereocenters. The molecule has 0 bridgehead atoms. The van der Waals surface area contributed by atoms with E-state index in [1.807, 2.05) is 0 Å². The fraction of sp³-hybridized carbons (Fsp3) is 0.900. The summed E-state index contributed by atoms with van der Waals surface area (Å²) in [5.74, 6) is -0.0234. The van der Waals surface area contributed by atoms with Crippen LogP contribution in [0, 0.1) is 5.92 Å². The quantitative estimate of drug-likeness (QED) is 0.758. The SMILES string of the molecule is CC(C)(O[PH](=O)O)C(=O)C1CCCCC1. The van der Waals surface area contributed by atoms with Crippen LogP contribution < -0.4 is 0 Å². The molecule has 1 saturated carbocycles. The van der Waals surface area contributed by atoms with Crippen LogP contribution in [0.4, 0.5) is 0 Å². The minimum atomic E-state index is -3.04. The van der Waals surface area contributed by atoms with E-state index >= 15 is 0 Å². The maximum atomic E-state index is 12.0. The number of rotatable bonds is 4. The van der Waals surface area contributed by atoms with Gasteiger partial charge in [-0.05, 0) is 26.7 Å². The first-order chi connectivity index (χ1) is 6.93. The lowest BCUT2D eigenvalue weighted by Crippen LogP contribution is -2.38. The topological polar surface area (TPSA) is 63.6 Å². The average Bonchev–Trinajstić information content (AvgIpc) is 2.16. The minimum absolute atomic E-state index is 0.00935. The molecule has 0 spiro atoms. The Bertz CT molecular complexity index is 256. The number of carbonyl (C=O) groups is 1. The van der Waals surface area contributed by atoms with E-state index in [2.05, 4.69) is 0 Å². The van der Waals surface area contributed by atoms with Crippen LogP contribution in [0.15, 0.2) is 0 Å². The third kappa shape index (κ3) is 3.71. The fourth-order valence-corrected chi connectivity index (χ4v) is 2.66. The lowest BCUT2D eigenvalue weighted by Gasteiger charge is -2.29. The van der Waals surface area contributed by atoms with Crippen molar-refractivity contribution in [1.82, 2.24) is 0 Å². The first kappa shape index (κ1) is 12.9. The molecular weight excluding hydrogens is 215 g/mol. The van der Waals surface area contributed by atoms with Crippen molar-refractivity contribution in [3.8, 4) is 0 Å². The van der Waals surface area contributed by atoms with Gasteiger partial charge in [-0.25, -0.2) is 0 Å². The number of hydrogen-bond donors (Lipinski definition) is 1. The molecule has 0 aromatic rings. The zero-order chi connectivity index (χ0) is 11.5. The van der Waals surface area contributed by atoms with Gasteiger partial charge >= 0.3 is 8.25 Å². The van der Waals surface area contributed by atoms with Crippen molar-refractivity contribution >= 4 is 14.0 Å².